The van der Waals surface area contributed by atoms with Gasteiger partial charge in [-0.2, -0.15) is 0 Å². The summed E-state index contributed by atoms with van der Waals surface area (Å²) in [5, 5.41) is 4.14. The van der Waals surface area contributed by atoms with E-state index in [2.05, 4.69) is 27.3 Å². The topological polar surface area (TPSA) is 30.5 Å². The molecule has 2 atom stereocenters. The molecule has 106 valence electrons. The van der Waals surface area contributed by atoms with Crippen LogP contribution in [-0.2, 0) is 9.47 Å². The molecule has 0 bridgehead atoms. The summed E-state index contributed by atoms with van der Waals surface area (Å²) in [6.45, 7) is 3.37. The first-order chi connectivity index (χ1) is 9.22. The van der Waals surface area contributed by atoms with E-state index in [0.717, 1.165) is 47.8 Å². The van der Waals surface area contributed by atoms with Crippen LogP contribution in [0.3, 0.4) is 0 Å². The molecule has 0 aromatic heterocycles. The van der Waals surface area contributed by atoms with Gasteiger partial charge in [0.25, 0.3) is 0 Å². The molecule has 2 unspecified atom stereocenters. The number of benzene rings is 1. The molecule has 3 nitrogen and oxygen atoms in total. The second-order valence-corrected chi connectivity index (χ2v) is 5.97. The Morgan fingerprint density at radius 1 is 1.53 bits per heavy atom. The SMILES string of the molecule is COCCNCC1CCOC1c1ccc(Br)c(Cl)c1. The minimum absolute atomic E-state index is 0.139. The Morgan fingerprint density at radius 3 is 3.11 bits per heavy atom. The lowest BCUT2D eigenvalue weighted by Crippen LogP contribution is -2.27. The quantitative estimate of drug-likeness (QED) is 0.799. The highest BCUT2D eigenvalue weighted by Gasteiger charge is 2.29. The maximum Gasteiger partial charge on any atom is 0.0866 e. The summed E-state index contributed by atoms with van der Waals surface area (Å²) in [4.78, 5) is 0. The van der Waals surface area contributed by atoms with E-state index in [1.807, 2.05) is 12.1 Å². The minimum atomic E-state index is 0.139. The van der Waals surface area contributed by atoms with E-state index >= 15 is 0 Å². The second-order valence-electron chi connectivity index (χ2n) is 4.71. The molecule has 19 heavy (non-hydrogen) atoms. The first kappa shape index (κ1) is 15.3. The molecule has 0 spiro atoms. The first-order valence-electron chi connectivity index (χ1n) is 6.48. The van der Waals surface area contributed by atoms with Crippen LogP contribution in [0.1, 0.15) is 18.1 Å². The zero-order valence-corrected chi connectivity index (χ0v) is 13.3. The van der Waals surface area contributed by atoms with Crippen LogP contribution in [0.2, 0.25) is 5.02 Å². The molecule has 1 aromatic carbocycles. The number of halogens is 2. The average Bonchev–Trinajstić information content (AvgIpc) is 2.86. The number of hydrogen-bond acceptors (Lipinski definition) is 3. The fraction of sp³-hybridized carbons (Fsp3) is 0.571. The number of rotatable bonds is 6. The number of methoxy groups -OCH3 is 1. The van der Waals surface area contributed by atoms with E-state index in [1.54, 1.807) is 7.11 Å². The van der Waals surface area contributed by atoms with Crippen LogP contribution in [-0.4, -0.2) is 33.4 Å². The van der Waals surface area contributed by atoms with E-state index in [0.29, 0.717) is 5.92 Å². The standard InChI is InChI=1S/C14H19BrClNO2/c1-18-7-5-17-9-11-4-6-19-14(11)10-2-3-12(15)13(16)8-10/h2-3,8,11,14,17H,4-7,9H2,1H3. The van der Waals surface area contributed by atoms with Gasteiger partial charge in [-0.25, -0.2) is 0 Å². The summed E-state index contributed by atoms with van der Waals surface area (Å²) in [5.41, 5.74) is 1.16. The summed E-state index contributed by atoms with van der Waals surface area (Å²) >= 11 is 9.56. The molecular weight excluding hydrogens is 330 g/mol. The van der Waals surface area contributed by atoms with Gasteiger partial charge < -0.3 is 14.8 Å². The van der Waals surface area contributed by atoms with Crippen molar-refractivity contribution in [3.05, 3.63) is 33.3 Å². The summed E-state index contributed by atoms with van der Waals surface area (Å²) in [5.74, 6) is 0.495. The maximum atomic E-state index is 6.15. The van der Waals surface area contributed by atoms with Crippen LogP contribution in [0.5, 0.6) is 0 Å². The second kappa shape index (κ2) is 7.60. The van der Waals surface area contributed by atoms with E-state index in [4.69, 9.17) is 21.1 Å². The highest BCUT2D eigenvalue weighted by atomic mass is 79.9. The van der Waals surface area contributed by atoms with Crippen LogP contribution >= 0.6 is 27.5 Å². The normalized spacial score (nSPS) is 22.9. The van der Waals surface area contributed by atoms with Crippen molar-refractivity contribution in [3.8, 4) is 0 Å². The van der Waals surface area contributed by atoms with Crippen LogP contribution in [0.25, 0.3) is 0 Å². The molecule has 1 fully saturated rings. The van der Waals surface area contributed by atoms with Crippen molar-refractivity contribution >= 4 is 27.5 Å². The molecular formula is C14H19BrClNO2. The van der Waals surface area contributed by atoms with Crippen molar-refractivity contribution in [2.45, 2.75) is 12.5 Å². The van der Waals surface area contributed by atoms with Crippen molar-refractivity contribution in [1.29, 1.82) is 0 Å². The number of nitrogens with one attached hydrogen (secondary N) is 1. The van der Waals surface area contributed by atoms with E-state index in [-0.39, 0.29) is 6.10 Å². The van der Waals surface area contributed by atoms with Gasteiger partial charge in [0, 0.05) is 37.2 Å². The predicted octanol–water partition coefficient (Wildman–Crippen LogP) is 3.42. The Morgan fingerprint density at radius 2 is 2.37 bits per heavy atom. The van der Waals surface area contributed by atoms with E-state index in [9.17, 15) is 0 Å². The zero-order valence-electron chi connectivity index (χ0n) is 11.0. The largest absolute Gasteiger partial charge is 0.383 e. The Bertz CT molecular complexity index is 416. The smallest absolute Gasteiger partial charge is 0.0866 e. The molecule has 1 saturated heterocycles. The van der Waals surface area contributed by atoms with Gasteiger partial charge in [0.1, 0.15) is 0 Å². The molecule has 1 heterocycles. The molecule has 1 aromatic rings. The molecule has 0 aliphatic carbocycles. The van der Waals surface area contributed by atoms with E-state index < -0.39 is 0 Å². The Balaban J connectivity index is 1.95. The summed E-state index contributed by atoms with van der Waals surface area (Å²) in [6, 6.07) is 6.05. The van der Waals surface area contributed by atoms with Gasteiger partial charge in [-0.05, 0) is 40.0 Å². The van der Waals surface area contributed by atoms with Gasteiger partial charge in [0.15, 0.2) is 0 Å². The first-order valence-corrected chi connectivity index (χ1v) is 7.65. The van der Waals surface area contributed by atoms with Crippen molar-refractivity contribution in [1.82, 2.24) is 5.32 Å². The van der Waals surface area contributed by atoms with Crippen molar-refractivity contribution in [3.63, 3.8) is 0 Å². The average molecular weight is 349 g/mol. The number of hydrogen-bond donors (Lipinski definition) is 1. The minimum Gasteiger partial charge on any atom is -0.383 e. The van der Waals surface area contributed by atoms with Gasteiger partial charge in [-0.15, -0.1) is 0 Å². The Kier molecular flexibility index (Phi) is 6.10. The third-order valence-electron chi connectivity index (χ3n) is 3.38. The summed E-state index contributed by atoms with van der Waals surface area (Å²) in [7, 11) is 1.72. The van der Waals surface area contributed by atoms with Crippen LogP contribution < -0.4 is 5.32 Å². The lowest BCUT2D eigenvalue weighted by Gasteiger charge is -2.20. The Hall–Kier alpha value is -0.130. The van der Waals surface area contributed by atoms with Crippen LogP contribution in [0, 0.1) is 5.92 Å². The summed E-state index contributed by atoms with van der Waals surface area (Å²) in [6.07, 6.45) is 1.22. The lowest BCUT2D eigenvalue weighted by molar-refractivity contribution is 0.0898. The Labute approximate surface area is 127 Å². The molecule has 2 rings (SSSR count). The fourth-order valence-corrected chi connectivity index (χ4v) is 2.80. The predicted molar refractivity (Wildman–Crippen MR) is 80.7 cm³/mol. The third kappa shape index (κ3) is 4.17. The van der Waals surface area contributed by atoms with Crippen molar-refractivity contribution < 1.29 is 9.47 Å². The maximum absolute atomic E-state index is 6.15. The van der Waals surface area contributed by atoms with Gasteiger partial charge in [-0.1, -0.05) is 17.7 Å². The van der Waals surface area contributed by atoms with Crippen LogP contribution in [0.15, 0.2) is 22.7 Å². The van der Waals surface area contributed by atoms with Crippen molar-refractivity contribution in [2.75, 3.05) is 33.4 Å². The van der Waals surface area contributed by atoms with E-state index in [1.165, 1.54) is 0 Å². The van der Waals surface area contributed by atoms with Gasteiger partial charge in [0.05, 0.1) is 17.7 Å². The van der Waals surface area contributed by atoms with Gasteiger partial charge in [-0.3, -0.25) is 0 Å². The van der Waals surface area contributed by atoms with Gasteiger partial charge in [0.2, 0.25) is 0 Å². The molecule has 1 N–H and O–H groups in total. The highest BCUT2D eigenvalue weighted by molar-refractivity contribution is 9.10. The van der Waals surface area contributed by atoms with Crippen molar-refractivity contribution in [2.24, 2.45) is 5.92 Å². The monoisotopic (exact) mass is 347 g/mol. The third-order valence-corrected chi connectivity index (χ3v) is 4.61. The number of ether oxygens (including phenoxy) is 2. The van der Waals surface area contributed by atoms with Crippen LogP contribution in [0.4, 0.5) is 0 Å². The molecule has 0 radical (unpaired) electrons. The fourth-order valence-electron chi connectivity index (χ4n) is 2.36. The zero-order chi connectivity index (χ0) is 13.7. The lowest BCUT2D eigenvalue weighted by atomic mass is 9.95. The molecule has 0 amide bonds. The molecule has 1 aliphatic heterocycles. The molecule has 5 heteroatoms. The van der Waals surface area contributed by atoms with Gasteiger partial charge >= 0.3 is 0 Å². The highest BCUT2D eigenvalue weighted by Crippen LogP contribution is 2.36. The molecule has 1 aliphatic rings. The summed E-state index contributed by atoms with van der Waals surface area (Å²) < 4.78 is 11.8. The molecule has 0 saturated carbocycles.